The van der Waals surface area contributed by atoms with E-state index in [4.69, 9.17) is 0 Å². The number of rotatable bonds is 4. The van der Waals surface area contributed by atoms with E-state index in [1.165, 1.54) is 6.07 Å². The minimum absolute atomic E-state index is 0.0676. The van der Waals surface area contributed by atoms with Gasteiger partial charge in [0, 0.05) is 11.7 Å². The van der Waals surface area contributed by atoms with Crippen LogP contribution >= 0.6 is 0 Å². The lowest BCUT2D eigenvalue weighted by Gasteiger charge is -2.17. The number of nitrogens with one attached hydrogen (secondary N) is 2. The molecule has 1 aromatic rings. The van der Waals surface area contributed by atoms with Gasteiger partial charge < -0.3 is 10.6 Å². The van der Waals surface area contributed by atoms with Crippen molar-refractivity contribution in [2.75, 3.05) is 5.32 Å². The summed E-state index contributed by atoms with van der Waals surface area (Å²) in [6, 6.07) is 4.48. The Labute approximate surface area is 101 Å². The molecule has 1 unspecified atom stereocenters. The second kappa shape index (κ2) is 5.66. The lowest BCUT2D eigenvalue weighted by molar-refractivity contribution is -0.122. The number of amides is 1. The van der Waals surface area contributed by atoms with Gasteiger partial charge in [0.25, 0.3) is 0 Å². The molecule has 0 aliphatic carbocycles. The van der Waals surface area contributed by atoms with E-state index in [1.807, 2.05) is 13.8 Å². The van der Waals surface area contributed by atoms with Crippen molar-refractivity contribution in [3.05, 3.63) is 29.6 Å². The summed E-state index contributed by atoms with van der Waals surface area (Å²) in [5, 5.41) is 5.85. The second-order valence-corrected chi connectivity index (χ2v) is 4.49. The van der Waals surface area contributed by atoms with Crippen LogP contribution in [0.15, 0.2) is 18.2 Å². The van der Waals surface area contributed by atoms with Crippen LogP contribution in [0.25, 0.3) is 0 Å². The molecule has 0 fully saturated rings. The molecular formula is C13H19FN2O. The van der Waals surface area contributed by atoms with Crippen LogP contribution in [0.5, 0.6) is 0 Å². The zero-order chi connectivity index (χ0) is 13.0. The van der Waals surface area contributed by atoms with Gasteiger partial charge in [-0.15, -0.1) is 0 Å². The molecule has 0 aromatic heterocycles. The Bertz CT molecular complexity index is 404. The van der Waals surface area contributed by atoms with Crippen LogP contribution in [0, 0.1) is 12.7 Å². The first-order valence-electron chi connectivity index (χ1n) is 5.73. The smallest absolute Gasteiger partial charge is 0.242 e. The highest BCUT2D eigenvalue weighted by Crippen LogP contribution is 2.14. The normalized spacial score (nSPS) is 12.4. The molecule has 1 rings (SSSR count). The van der Waals surface area contributed by atoms with E-state index in [9.17, 15) is 9.18 Å². The summed E-state index contributed by atoms with van der Waals surface area (Å²) in [5.41, 5.74) is 1.31. The van der Waals surface area contributed by atoms with Crippen molar-refractivity contribution in [1.82, 2.24) is 5.32 Å². The fraction of sp³-hybridized carbons (Fsp3) is 0.462. The van der Waals surface area contributed by atoms with Gasteiger partial charge >= 0.3 is 0 Å². The number of carbonyl (C=O) groups excluding carboxylic acids is 1. The van der Waals surface area contributed by atoms with Crippen LogP contribution in [0.3, 0.4) is 0 Å². The molecule has 0 radical (unpaired) electrons. The largest absolute Gasteiger partial charge is 0.374 e. The predicted octanol–water partition coefficient (Wildman–Crippen LogP) is 2.46. The van der Waals surface area contributed by atoms with Crippen LogP contribution < -0.4 is 10.6 Å². The molecule has 4 heteroatoms. The molecule has 2 N–H and O–H groups in total. The lowest BCUT2D eigenvalue weighted by Crippen LogP contribution is -2.40. The van der Waals surface area contributed by atoms with Gasteiger partial charge in [-0.2, -0.15) is 0 Å². The first-order valence-corrected chi connectivity index (χ1v) is 5.73. The fourth-order valence-corrected chi connectivity index (χ4v) is 1.46. The predicted molar refractivity (Wildman–Crippen MR) is 67.5 cm³/mol. The molecule has 1 atom stereocenters. The van der Waals surface area contributed by atoms with Crippen LogP contribution in [0.4, 0.5) is 10.1 Å². The van der Waals surface area contributed by atoms with Crippen molar-refractivity contribution in [2.24, 2.45) is 0 Å². The lowest BCUT2D eigenvalue weighted by atomic mass is 10.2. The zero-order valence-electron chi connectivity index (χ0n) is 10.7. The fourth-order valence-electron chi connectivity index (χ4n) is 1.46. The molecule has 0 aliphatic rings. The molecule has 0 heterocycles. The second-order valence-electron chi connectivity index (χ2n) is 4.49. The Hall–Kier alpha value is -1.58. The van der Waals surface area contributed by atoms with Gasteiger partial charge in [0.05, 0.1) is 0 Å². The number of carbonyl (C=O) groups is 1. The molecule has 0 bridgehead atoms. The van der Waals surface area contributed by atoms with Crippen molar-refractivity contribution < 1.29 is 9.18 Å². The van der Waals surface area contributed by atoms with E-state index in [0.29, 0.717) is 5.56 Å². The third kappa shape index (κ3) is 4.06. The van der Waals surface area contributed by atoms with Crippen molar-refractivity contribution >= 4 is 11.6 Å². The first kappa shape index (κ1) is 13.5. The average molecular weight is 238 g/mol. The maximum Gasteiger partial charge on any atom is 0.242 e. The quantitative estimate of drug-likeness (QED) is 0.846. The Morgan fingerprint density at radius 2 is 1.94 bits per heavy atom. The zero-order valence-corrected chi connectivity index (χ0v) is 10.7. The molecule has 0 saturated heterocycles. The van der Waals surface area contributed by atoms with Gasteiger partial charge in [-0.05, 0) is 51.5 Å². The van der Waals surface area contributed by atoms with Crippen molar-refractivity contribution in [2.45, 2.75) is 39.8 Å². The molecular weight excluding hydrogens is 219 g/mol. The van der Waals surface area contributed by atoms with Gasteiger partial charge in [-0.3, -0.25) is 4.79 Å². The summed E-state index contributed by atoms with van der Waals surface area (Å²) in [6.45, 7) is 7.29. The minimum atomic E-state index is -0.345. The Morgan fingerprint density at radius 3 is 2.47 bits per heavy atom. The third-order valence-corrected chi connectivity index (χ3v) is 2.37. The summed E-state index contributed by atoms with van der Waals surface area (Å²) >= 11 is 0. The Kier molecular flexibility index (Phi) is 4.49. The summed E-state index contributed by atoms with van der Waals surface area (Å²) in [6.07, 6.45) is 0. The molecule has 3 nitrogen and oxygen atoms in total. The highest BCUT2D eigenvalue weighted by atomic mass is 19.1. The average Bonchev–Trinajstić information content (AvgIpc) is 2.22. The van der Waals surface area contributed by atoms with Crippen LogP contribution in [0.2, 0.25) is 0 Å². The van der Waals surface area contributed by atoms with E-state index in [1.54, 1.807) is 26.0 Å². The van der Waals surface area contributed by atoms with Crippen LogP contribution in [-0.2, 0) is 4.79 Å². The highest BCUT2D eigenvalue weighted by molar-refractivity contribution is 5.84. The topological polar surface area (TPSA) is 41.1 Å². The van der Waals surface area contributed by atoms with Gasteiger partial charge in [0.15, 0.2) is 0 Å². The maximum absolute atomic E-state index is 13.1. The molecule has 94 valence electrons. The number of aryl methyl sites for hydroxylation is 1. The highest BCUT2D eigenvalue weighted by Gasteiger charge is 2.13. The van der Waals surface area contributed by atoms with E-state index < -0.39 is 0 Å². The van der Waals surface area contributed by atoms with Gasteiger partial charge in [0.1, 0.15) is 11.9 Å². The molecule has 0 saturated carbocycles. The first-order chi connectivity index (χ1) is 7.90. The number of anilines is 1. The standard InChI is InChI=1S/C13H19FN2O/c1-8(2)15-13(17)10(4)16-11-5-6-12(14)9(3)7-11/h5-8,10,16H,1-4H3,(H,15,17). The van der Waals surface area contributed by atoms with Crippen LogP contribution in [0.1, 0.15) is 26.3 Å². The number of hydrogen-bond donors (Lipinski definition) is 2. The number of benzene rings is 1. The number of halogens is 1. The van der Waals surface area contributed by atoms with Gasteiger partial charge in [-0.25, -0.2) is 4.39 Å². The van der Waals surface area contributed by atoms with E-state index >= 15 is 0 Å². The minimum Gasteiger partial charge on any atom is -0.374 e. The Morgan fingerprint density at radius 1 is 1.29 bits per heavy atom. The molecule has 1 aromatic carbocycles. The van der Waals surface area contributed by atoms with E-state index in [-0.39, 0.29) is 23.8 Å². The molecule has 17 heavy (non-hydrogen) atoms. The summed E-state index contributed by atoms with van der Waals surface area (Å²) in [5.74, 6) is -0.309. The number of hydrogen-bond acceptors (Lipinski definition) is 2. The maximum atomic E-state index is 13.1. The summed E-state index contributed by atoms with van der Waals surface area (Å²) in [4.78, 5) is 11.7. The molecule has 1 amide bonds. The van der Waals surface area contributed by atoms with Crippen molar-refractivity contribution in [3.8, 4) is 0 Å². The summed E-state index contributed by atoms with van der Waals surface area (Å²) < 4.78 is 13.1. The van der Waals surface area contributed by atoms with Crippen molar-refractivity contribution in [1.29, 1.82) is 0 Å². The van der Waals surface area contributed by atoms with Crippen LogP contribution in [-0.4, -0.2) is 18.0 Å². The van der Waals surface area contributed by atoms with Crippen molar-refractivity contribution in [3.63, 3.8) is 0 Å². The van der Waals surface area contributed by atoms with E-state index in [0.717, 1.165) is 5.69 Å². The van der Waals surface area contributed by atoms with E-state index in [2.05, 4.69) is 10.6 Å². The molecule has 0 aliphatic heterocycles. The van der Waals surface area contributed by atoms with Gasteiger partial charge in [0.2, 0.25) is 5.91 Å². The SMILES string of the molecule is Cc1cc(NC(C)C(=O)NC(C)C)ccc1F. The monoisotopic (exact) mass is 238 g/mol. The molecule has 0 spiro atoms. The Balaban J connectivity index is 2.64. The third-order valence-electron chi connectivity index (χ3n) is 2.37. The van der Waals surface area contributed by atoms with Gasteiger partial charge in [-0.1, -0.05) is 0 Å². The summed E-state index contributed by atoms with van der Waals surface area (Å²) in [7, 11) is 0.